The van der Waals surface area contributed by atoms with Crippen molar-refractivity contribution < 1.29 is 5.11 Å². The van der Waals surface area contributed by atoms with Gasteiger partial charge < -0.3 is 16.6 Å². The average molecular weight is 158 g/mol. The Kier molecular flexibility index (Phi) is 3.30. The summed E-state index contributed by atoms with van der Waals surface area (Å²) in [7, 11) is 0. The van der Waals surface area contributed by atoms with Gasteiger partial charge >= 0.3 is 0 Å². The van der Waals surface area contributed by atoms with Crippen LogP contribution < -0.4 is 11.5 Å². The third-order valence-electron chi connectivity index (χ3n) is 2.63. The van der Waals surface area contributed by atoms with Crippen molar-refractivity contribution in [3.8, 4) is 0 Å². The molecule has 0 aliphatic heterocycles. The molecule has 11 heavy (non-hydrogen) atoms. The SMILES string of the molecule is NCC(O)C(N)C1CCCC1. The Morgan fingerprint density at radius 1 is 1.36 bits per heavy atom. The monoisotopic (exact) mass is 158 g/mol. The van der Waals surface area contributed by atoms with Gasteiger partial charge in [0.25, 0.3) is 0 Å². The maximum Gasteiger partial charge on any atom is 0.0815 e. The predicted octanol–water partition coefficient (Wildman–Crippen LogP) is -0.177. The summed E-state index contributed by atoms with van der Waals surface area (Å²) < 4.78 is 0. The van der Waals surface area contributed by atoms with E-state index in [1.807, 2.05) is 0 Å². The molecule has 66 valence electrons. The van der Waals surface area contributed by atoms with E-state index in [1.165, 1.54) is 12.8 Å². The Balaban J connectivity index is 2.32. The summed E-state index contributed by atoms with van der Waals surface area (Å²) in [4.78, 5) is 0. The second-order valence-corrected chi connectivity index (χ2v) is 3.42. The van der Waals surface area contributed by atoms with Gasteiger partial charge in [0.05, 0.1) is 6.10 Å². The van der Waals surface area contributed by atoms with Crippen LogP contribution >= 0.6 is 0 Å². The van der Waals surface area contributed by atoms with E-state index in [0.717, 1.165) is 12.8 Å². The fourth-order valence-electron chi connectivity index (χ4n) is 1.81. The summed E-state index contributed by atoms with van der Waals surface area (Å²) in [6.07, 6.45) is 4.35. The molecule has 0 heterocycles. The fraction of sp³-hybridized carbons (Fsp3) is 1.00. The number of aliphatic hydroxyl groups excluding tert-OH is 1. The molecule has 0 amide bonds. The molecule has 0 aromatic carbocycles. The maximum absolute atomic E-state index is 9.34. The van der Waals surface area contributed by atoms with Gasteiger partial charge in [-0.15, -0.1) is 0 Å². The van der Waals surface area contributed by atoms with Gasteiger partial charge in [-0.1, -0.05) is 12.8 Å². The molecule has 1 saturated carbocycles. The van der Waals surface area contributed by atoms with Gasteiger partial charge in [-0.3, -0.25) is 0 Å². The molecule has 0 aromatic rings. The number of hydrogen-bond acceptors (Lipinski definition) is 3. The Labute approximate surface area is 67.8 Å². The van der Waals surface area contributed by atoms with Gasteiger partial charge in [-0.25, -0.2) is 0 Å². The highest BCUT2D eigenvalue weighted by Gasteiger charge is 2.26. The van der Waals surface area contributed by atoms with Crippen LogP contribution in [0.2, 0.25) is 0 Å². The van der Waals surface area contributed by atoms with Crippen molar-refractivity contribution in [1.29, 1.82) is 0 Å². The fourth-order valence-corrected chi connectivity index (χ4v) is 1.81. The molecule has 2 atom stereocenters. The largest absolute Gasteiger partial charge is 0.390 e. The second-order valence-electron chi connectivity index (χ2n) is 3.42. The highest BCUT2D eigenvalue weighted by atomic mass is 16.3. The molecule has 1 fully saturated rings. The van der Waals surface area contributed by atoms with Crippen LogP contribution in [0.3, 0.4) is 0 Å². The molecule has 0 aromatic heterocycles. The van der Waals surface area contributed by atoms with Gasteiger partial charge in [0.2, 0.25) is 0 Å². The first-order valence-electron chi connectivity index (χ1n) is 4.39. The van der Waals surface area contributed by atoms with E-state index in [4.69, 9.17) is 11.5 Å². The zero-order chi connectivity index (χ0) is 8.27. The molecule has 2 unspecified atom stereocenters. The standard InChI is InChI=1S/C8H18N2O/c9-5-7(11)8(10)6-3-1-2-4-6/h6-8,11H,1-5,9-10H2. The third kappa shape index (κ3) is 2.15. The van der Waals surface area contributed by atoms with E-state index < -0.39 is 6.10 Å². The van der Waals surface area contributed by atoms with Crippen molar-refractivity contribution in [3.05, 3.63) is 0 Å². The summed E-state index contributed by atoms with van der Waals surface area (Å²) in [6.45, 7) is 0.289. The number of nitrogens with two attached hydrogens (primary N) is 2. The van der Waals surface area contributed by atoms with Gasteiger partial charge in [-0.05, 0) is 18.8 Å². The number of rotatable bonds is 3. The average Bonchev–Trinajstić information content (AvgIpc) is 2.53. The first-order valence-corrected chi connectivity index (χ1v) is 4.39. The minimum absolute atomic E-state index is 0.0949. The van der Waals surface area contributed by atoms with Crippen LogP contribution in [0.4, 0.5) is 0 Å². The molecule has 0 bridgehead atoms. The van der Waals surface area contributed by atoms with Crippen molar-refractivity contribution in [2.45, 2.75) is 37.8 Å². The lowest BCUT2D eigenvalue weighted by atomic mass is 9.94. The smallest absolute Gasteiger partial charge is 0.0815 e. The molecular formula is C8H18N2O. The highest BCUT2D eigenvalue weighted by Crippen LogP contribution is 2.27. The molecule has 1 rings (SSSR count). The maximum atomic E-state index is 9.34. The predicted molar refractivity (Wildman–Crippen MR) is 45.0 cm³/mol. The van der Waals surface area contributed by atoms with Crippen LogP contribution in [0.25, 0.3) is 0 Å². The van der Waals surface area contributed by atoms with Crippen molar-refractivity contribution in [2.75, 3.05) is 6.54 Å². The van der Waals surface area contributed by atoms with Crippen molar-refractivity contribution in [2.24, 2.45) is 17.4 Å². The van der Waals surface area contributed by atoms with Gasteiger partial charge in [0.15, 0.2) is 0 Å². The normalized spacial score (nSPS) is 25.4. The van der Waals surface area contributed by atoms with Crippen LogP contribution in [0.5, 0.6) is 0 Å². The van der Waals surface area contributed by atoms with E-state index in [1.54, 1.807) is 0 Å². The lowest BCUT2D eigenvalue weighted by Gasteiger charge is -2.22. The van der Waals surface area contributed by atoms with Crippen LogP contribution in [0.1, 0.15) is 25.7 Å². The van der Waals surface area contributed by atoms with E-state index in [2.05, 4.69) is 0 Å². The Bertz CT molecular complexity index is 113. The van der Waals surface area contributed by atoms with E-state index in [9.17, 15) is 5.11 Å². The van der Waals surface area contributed by atoms with Crippen molar-refractivity contribution in [1.82, 2.24) is 0 Å². The zero-order valence-electron chi connectivity index (χ0n) is 6.87. The number of hydrogen-bond donors (Lipinski definition) is 3. The lowest BCUT2D eigenvalue weighted by molar-refractivity contribution is 0.125. The summed E-state index contributed by atoms with van der Waals surface area (Å²) in [5.41, 5.74) is 11.1. The molecule has 3 nitrogen and oxygen atoms in total. The summed E-state index contributed by atoms with van der Waals surface area (Å²) in [5.74, 6) is 0.508. The minimum Gasteiger partial charge on any atom is -0.390 e. The Hall–Kier alpha value is -0.120. The minimum atomic E-state index is -0.502. The summed E-state index contributed by atoms with van der Waals surface area (Å²) in [6, 6.07) is -0.0949. The van der Waals surface area contributed by atoms with Crippen LogP contribution in [0, 0.1) is 5.92 Å². The first kappa shape index (κ1) is 8.97. The lowest BCUT2D eigenvalue weighted by Crippen LogP contribution is -2.44. The topological polar surface area (TPSA) is 72.3 Å². The molecule has 1 aliphatic carbocycles. The van der Waals surface area contributed by atoms with E-state index in [0.29, 0.717) is 5.92 Å². The molecule has 1 aliphatic rings. The van der Waals surface area contributed by atoms with Gasteiger partial charge in [0, 0.05) is 12.6 Å². The van der Waals surface area contributed by atoms with E-state index >= 15 is 0 Å². The molecular weight excluding hydrogens is 140 g/mol. The molecule has 0 spiro atoms. The van der Waals surface area contributed by atoms with Crippen LogP contribution in [-0.2, 0) is 0 Å². The number of aliphatic hydroxyl groups is 1. The molecule has 3 heteroatoms. The Morgan fingerprint density at radius 2 is 1.91 bits per heavy atom. The quantitative estimate of drug-likeness (QED) is 0.533. The zero-order valence-corrected chi connectivity index (χ0v) is 6.87. The van der Waals surface area contributed by atoms with Crippen LogP contribution in [-0.4, -0.2) is 23.8 Å². The molecule has 0 radical (unpaired) electrons. The second kappa shape index (κ2) is 4.04. The third-order valence-corrected chi connectivity index (χ3v) is 2.63. The first-order chi connectivity index (χ1) is 5.25. The van der Waals surface area contributed by atoms with Crippen LogP contribution in [0.15, 0.2) is 0 Å². The highest BCUT2D eigenvalue weighted by molar-refractivity contribution is 4.83. The molecule has 5 N–H and O–H groups in total. The molecule has 0 saturated heterocycles. The Morgan fingerprint density at radius 3 is 2.36 bits per heavy atom. The van der Waals surface area contributed by atoms with Crippen molar-refractivity contribution >= 4 is 0 Å². The van der Waals surface area contributed by atoms with Gasteiger partial charge in [0.1, 0.15) is 0 Å². The summed E-state index contributed by atoms with van der Waals surface area (Å²) >= 11 is 0. The van der Waals surface area contributed by atoms with Crippen molar-refractivity contribution in [3.63, 3.8) is 0 Å². The summed E-state index contributed by atoms with van der Waals surface area (Å²) in [5, 5.41) is 9.34. The van der Waals surface area contributed by atoms with E-state index in [-0.39, 0.29) is 12.6 Å². The van der Waals surface area contributed by atoms with Gasteiger partial charge in [-0.2, -0.15) is 0 Å².